The van der Waals surface area contributed by atoms with Crippen LogP contribution >= 0.6 is 0 Å². The average Bonchev–Trinajstić information content (AvgIpc) is 1.61. The average molecular weight is 96.1 g/mol. The molecule has 0 atom stereocenters. The van der Waals surface area contributed by atoms with Crippen LogP contribution in [0.25, 0.3) is 0 Å². The lowest BCUT2D eigenvalue weighted by molar-refractivity contribution is 1.13. The van der Waals surface area contributed by atoms with E-state index in [9.17, 15) is 0 Å². The third kappa shape index (κ3) is 5.08. The molecule has 0 bridgehead atoms. The molecule has 7 heavy (non-hydrogen) atoms. The second-order valence-corrected chi connectivity index (χ2v) is 1.13. The molecule has 0 aromatic rings. The van der Waals surface area contributed by atoms with Crippen molar-refractivity contribution in [2.45, 2.75) is 6.92 Å². The second kappa shape index (κ2) is 3.28. The molecule has 0 aliphatic rings. The van der Waals surface area contributed by atoms with Crippen molar-refractivity contribution >= 4 is 0 Å². The minimum absolute atomic E-state index is 0.694. The van der Waals surface area contributed by atoms with Crippen LogP contribution in [0.1, 0.15) is 6.92 Å². The number of azo groups is 1. The first-order chi connectivity index (χ1) is 3.27. The van der Waals surface area contributed by atoms with E-state index in [2.05, 4.69) is 23.4 Å². The third-order valence-electron chi connectivity index (χ3n) is 0.310. The Morgan fingerprint density at radius 1 is 1.71 bits per heavy atom. The minimum atomic E-state index is 0.694. The van der Waals surface area contributed by atoms with Crippen molar-refractivity contribution in [3.8, 4) is 0 Å². The predicted octanol–water partition coefficient (Wildman–Crippen LogP) is 2.12. The standard InChI is InChI=1S/C5H8N2/c1-4-6-7-5(2)3/h4H,1-2H2,3H3. The first-order valence-corrected chi connectivity index (χ1v) is 1.94. The number of allylic oxidation sites excluding steroid dienone is 1. The summed E-state index contributed by atoms with van der Waals surface area (Å²) in [6.45, 7) is 8.59. The molecule has 0 saturated heterocycles. The van der Waals surface area contributed by atoms with Gasteiger partial charge in [0.25, 0.3) is 0 Å². The maximum Gasteiger partial charge on any atom is 0.0528 e. The zero-order chi connectivity index (χ0) is 5.70. The highest BCUT2D eigenvalue weighted by Crippen LogP contribution is 1.87. The van der Waals surface area contributed by atoms with Crippen molar-refractivity contribution < 1.29 is 0 Å². The van der Waals surface area contributed by atoms with Gasteiger partial charge in [-0.2, -0.15) is 10.2 Å². The Morgan fingerprint density at radius 3 is 2.43 bits per heavy atom. The smallest absolute Gasteiger partial charge is 0.0528 e. The van der Waals surface area contributed by atoms with Crippen LogP contribution in [0.3, 0.4) is 0 Å². The van der Waals surface area contributed by atoms with Crippen molar-refractivity contribution in [1.29, 1.82) is 0 Å². The Labute approximate surface area is 43.3 Å². The SMILES string of the molecule is C=CN=NC(=C)C. The molecule has 0 saturated carbocycles. The second-order valence-electron chi connectivity index (χ2n) is 1.13. The number of rotatable bonds is 2. The van der Waals surface area contributed by atoms with Crippen molar-refractivity contribution in [2.24, 2.45) is 10.2 Å². The molecule has 0 aliphatic carbocycles. The maximum absolute atomic E-state index is 3.56. The van der Waals surface area contributed by atoms with E-state index in [-0.39, 0.29) is 0 Å². The van der Waals surface area contributed by atoms with Gasteiger partial charge in [0, 0.05) is 6.20 Å². The molecule has 0 unspecified atom stereocenters. The number of hydrogen-bond donors (Lipinski definition) is 0. The highest BCUT2D eigenvalue weighted by atomic mass is 15.1. The fraction of sp³-hybridized carbons (Fsp3) is 0.200. The fourth-order valence-electron chi connectivity index (χ4n) is 0.139. The van der Waals surface area contributed by atoms with Crippen molar-refractivity contribution in [3.05, 3.63) is 25.1 Å². The van der Waals surface area contributed by atoms with Crippen LogP contribution < -0.4 is 0 Å². The van der Waals surface area contributed by atoms with Crippen LogP contribution in [0.15, 0.2) is 35.3 Å². The summed E-state index contributed by atoms with van der Waals surface area (Å²) in [6.07, 6.45) is 1.37. The van der Waals surface area contributed by atoms with Crippen molar-refractivity contribution in [3.63, 3.8) is 0 Å². The van der Waals surface area contributed by atoms with Gasteiger partial charge in [0.1, 0.15) is 0 Å². The third-order valence-corrected chi connectivity index (χ3v) is 0.310. The zero-order valence-electron chi connectivity index (χ0n) is 4.39. The van der Waals surface area contributed by atoms with Gasteiger partial charge in [-0.15, -0.1) is 0 Å². The maximum atomic E-state index is 3.56. The molecule has 2 heteroatoms. The highest BCUT2D eigenvalue weighted by Gasteiger charge is 1.67. The summed E-state index contributed by atoms with van der Waals surface area (Å²) in [4.78, 5) is 0. The number of nitrogens with zero attached hydrogens (tertiary/aromatic N) is 2. The van der Waals surface area contributed by atoms with E-state index >= 15 is 0 Å². The molecule has 0 N–H and O–H groups in total. The molecular weight excluding hydrogens is 88.1 g/mol. The van der Waals surface area contributed by atoms with Crippen LogP contribution in [0.4, 0.5) is 0 Å². The molecule has 0 aromatic carbocycles. The van der Waals surface area contributed by atoms with Gasteiger partial charge in [-0.25, -0.2) is 0 Å². The Bertz CT molecular complexity index is 103. The number of hydrogen-bond acceptors (Lipinski definition) is 2. The summed E-state index contributed by atoms with van der Waals surface area (Å²) in [5.74, 6) is 0. The van der Waals surface area contributed by atoms with E-state index in [1.165, 1.54) is 6.20 Å². The van der Waals surface area contributed by atoms with E-state index in [0.29, 0.717) is 5.70 Å². The van der Waals surface area contributed by atoms with E-state index in [1.54, 1.807) is 6.92 Å². The van der Waals surface area contributed by atoms with Crippen molar-refractivity contribution in [2.75, 3.05) is 0 Å². The summed E-state index contributed by atoms with van der Waals surface area (Å²) in [5.41, 5.74) is 0.694. The quantitative estimate of drug-likeness (QED) is 0.470. The molecule has 0 fully saturated rings. The Kier molecular flexibility index (Phi) is 2.85. The fourth-order valence-corrected chi connectivity index (χ4v) is 0.139. The largest absolute Gasteiger partial charge is 0.160 e. The minimum Gasteiger partial charge on any atom is -0.160 e. The zero-order valence-corrected chi connectivity index (χ0v) is 4.39. The molecule has 0 amide bonds. The van der Waals surface area contributed by atoms with Gasteiger partial charge in [0.2, 0.25) is 0 Å². The molecule has 0 radical (unpaired) electrons. The van der Waals surface area contributed by atoms with E-state index in [0.717, 1.165) is 0 Å². The molecule has 2 nitrogen and oxygen atoms in total. The molecule has 38 valence electrons. The summed E-state index contributed by atoms with van der Waals surface area (Å²) in [5, 5.41) is 7.02. The molecule has 0 rings (SSSR count). The van der Waals surface area contributed by atoms with Crippen LogP contribution in [0, 0.1) is 0 Å². The van der Waals surface area contributed by atoms with E-state index in [1.807, 2.05) is 0 Å². The molecule has 0 aromatic heterocycles. The topological polar surface area (TPSA) is 24.7 Å². The highest BCUT2D eigenvalue weighted by molar-refractivity contribution is 4.82. The monoisotopic (exact) mass is 96.1 g/mol. The van der Waals surface area contributed by atoms with Gasteiger partial charge >= 0.3 is 0 Å². The van der Waals surface area contributed by atoms with E-state index in [4.69, 9.17) is 0 Å². The lowest BCUT2D eigenvalue weighted by atomic mass is 10.6. The first kappa shape index (κ1) is 6.08. The Hall–Kier alpha value is -0.920. The summed E-state index contributed by atoms with van der Waals surface area (Å²) >= 11 is 0. The van der Waals surface area contributed by atoms with Crippen LogP contribution in [-0.2, 0) is 0 Å². The molecule has 0 aliphatic heterocycles. The van der Waals surface area contributed by atoms with Gasteiger partial charge in [0.05, 0.1) is 5.70 Å². The lowest BCUT2D eigenvalue weighted by Gasteiger charge is -1.76. The molecule has 0 spiro atoms. The normalized spacial score (nSPS) is 9.29. The van der Waals surface area contributed by atoms with Gasteiger partial charge in [0.15, 0.2) is 0 Å². The van der Waals surface area contributed by atoms with Gasteiger partial charge in [-0.3, -0.25) is 0 Å². The summed E-state index contributed by atoms with van der Waals surface area (Å²) in [7, 11) is 0. The molecular formula is C5H8N2. The summed E-state index contributed by atoms with van der Waals surface area (Å²) in [6, 6.07) is 0. The predicted molar refractivity (Wildman–Crippen MR) is 29.9 cm³/mol. The van der Waals surface area contributed by atoms with Gasteiger partial charge < -0.3 is 0 Å². The van der Waals surface area contributed by atoms with Crippen molar-refractivity contribution in [1.82, 2.24) is 0 Å². The van der Waals surface area contributed by atoms with E-state index < -0.39 is 0 Å². The van der Waals surface area contributed by atoms with Gasteiger partial charge in [-0.1, -0.05) is 13.2 Å². The first-order valence-electron chi connectivity index (χ1n) is 1.94. The van der Waals surface area contributed by atoms with Crippen LogP contribution in [-0.4, -0.2) is 0 Å². The van der Waals surface area contributed by atoms with Crippen LogP contribution in [0.2, 0.25) is 0 Å². The van der Waals surface area contributed by atoms with Gasteiger partial charge in [-0.05, 0) is 6.92 Å². The molecule has 0 heterocycles. The summed E-state index contributed by atoms with van der Waals surface area (Å²) < 4.78 is 0. The Morgan fingerprint density at radius 2 is 2.29 bits per heavy atom. The Balaban J connectivity index is 3.46. The lowest BCUT2D eigenvalue weighted by Crippen LogP contribution is -1.54. The van der Waals surface area contributed by atoms with Crippen LogP contribution in [0.5, 0.6) is 0 Å².